The third kappa shape index (κ3) is 4.36. The highest BCUT2D eigenvalue weighted by Gasteiger charge is 2.19. The lowest BCUT2D eigenvalue weighted by Crippen LogP contribution is -2.36. The summed E-state index contributed by atoms with van der Waals surface area (Å²) in [6, 6.07) is 12.2. The topological polar surface area (TPSA) is 58.6 Å². The van der Waals surface area contributed by atoms with Gasteiger partial charge in [0.1, 0.15) is 5.82 Å². The zero-order valence-electron chi connectivity index (χ0n) is 14.0. The second-order valence-electron chi connectivity index (χ2n) is 5.99. The molecule has 1 atom stereocenters. The minimum atomic E-state index is -3.70. The molecule has 7 heteroatoms. The summed E-state index contributed by atoms with van der Waals surface area (Å²) in [5, 5.41) is 0. The Labute approximate surface area is 147 Å². The van der Waals surface area contributed by atoms with Gasteiger partial charge in [-0.3, -0.25) is 0 Å². The van der Waals surface area contributed by atoms with Crippen molar-refractivity contribution in [2.75, 3.05) is 31.2 Å². The molecule has 0 unspecified atom stereocenters. The number of morpholine rings is 1. The highest BCUT2D eigenvalue weighted by Crippen LogP contribution is 2.22. The number of hydrogen-bond donors (Lipinski definition) is 1. The first-order valence-corrected chi connectivity index (χ1v) is 9.64. The van der Waals surface area contributed by atoms with Crippen molar-refractivity contribution in [2.45, 2.75) is 17.9 Å². The number of halogens is 1. The van der Waals surface area contributed by atoms with Gasteiger partial charge in [-0.1, -0.05) is 12.1 Å². The number of nitrogens with zero attached hydrogens (tertiary/aromatic N) is 1. The molecule has 1 heterocycles. The molecule has 3 rings (SSSR count). The van der Waals surface area contributed by atoms with E-state index in [0.29, 0.717) is 0 Å². The molecular formula is C18H21FN2O3S. The molecule has 1 N–H and O–H groups in total. The van der Waals surface area contributed by atoms with Crippen molar-refractivity contribution in [3.05, 3.63) is 59.9 Å². The van der Waals surface area contributed by atoms with E-state index in [1.807, 2.05) is 24.3 Å². The molecule has 1 aliphatic rings. The fraction of sp³-hybridized carbons (Fsp3) is 0.333. The van der Waals surface area contributed by atoms with Gasteiger partial charge < -0.3 is 9.64 Å². The molecule has 1 aliphatic heterocycles. The largest absolute Gasteiger partial charge is 0.378 e. The third-order valence-corrected chi connectivity index (χ3v) is 5.78. The van der Waals surface area contributed by atoms with Gasteiger partial charge in [-0.25, -0.2) is 17.5 Å². The molecule has 0 aliphatic carbocycles. The standard InChI is InChI=1S/C18H21FN2O3S/c1-14(20-25(22,23)18-8-4-16(19)5-9-18)15-2-6-17(7-3-15)21-10-12-24-13-11-21/h2-9,14,20H,10-13H2,1H3/t14-/m0/s1. The van der Waals surface area contributed by atoms with E-state index in [-0.39, 0.29) is 4.90 Å². The Morgan fingerprint density at radius 2 is 1.64 bits per heavy atom. The van der Waals surface area contributed by atoms with Crippen molar-refractivity contribution in [3.63, 3.8) is 0 Å². The fourth-order valence-electron chi connectivity index (χ4n) is 2.78. The SMILES string of the molecule is C[C@H](NS(=O)(=O)c1ccc(F)cc1)c1ccc(N2CCOCC2)cc1. The summed E-state index contributed by atoms with van der Waals surface area (Å²) >= 11 is 0. The first-order chi connectivity index (χ1) is 12.0. The van der Waals surface area contributed by atoms with Gasteiger partial charge in [0.25, 0.3) is 0 Å². The van der Waals surface area contributed by atoms with E-state index >= 15 is 0 Å². The lowest BCUT2D eigenvalue weighted by Gasteiger charge is -2.29. The van der Waals surface area contributed by atoms with Crippen LogP contribution < -0.4 is 9.62 Å². The van der Waals surface area contributed by atoms with Gasteiger partial charge in [-0.2, -0.15) is 0 Å². The molecule has 2 aromatic rings. The van der Waals surface area contributed by atoms with Gasteiger partial charge in [0.05, 0.1) is 18.1 Å². The lowest BCUT2D eigenvalue weighted by atomic mass is 10.1. The number of nitrogens with one attached hydrogen (secondary N) is 1. The molecule has 0 spiro atoms. The second kappa shape index (κ2) is 7.51. The van der Waals surface area contributed by atoms with Crippen molar-refractivity contribution in [1.29, 1.82) is 0 Å². The maximum atomic E-state index is 13.0. The highest BCUT2D eigenvalue weighted by molar-refractivity contribution is 7.89. The summed E-state index contributed by atoms with van der Waals surface area (Å²) in [5.74, 6) is -0.467. The zero-order valence-corrected chi connectivity index (χ0v) is 14.8. The van der Waals surface area contributed by atoms with E-state index in [0.717, 1.165) is 49.7 Å². The first kappa shape index (κ1) is 17.8. The molecule has 2 aromatic carbocycles. The van der Waals surface area contributed by atoms with Crippen LogP contribution in [0.25, 0.3) is 0 Å². The minimum Gasteiger partial charge on any atom is -0.378 e. The summed E-state index contributed by atoms with van der Waals surface area (Å²) in [6.45, 7) is 4.92. The van der Waals surface area contributed by atoms with Crippen LogP contribution in [0.5, 0.6) is 0 Å². The van der Waals surface area contributed by atoms with Gasteiger partial charge >= 0.3 is 0 Å². The Hall–Kier alpha value is -1.96. The van der Waals surface area contributed by atoms with Crippen LogP contribution in [0.2, 0.25) is 0 Å². The molecule has 0 amide bonds. The second-order valence-corrected chi connectivity index (χ2v) is 7.70. The highest BCUT2D eigenvalue weighted by atomic mass is 32.2. The average molecular weight is 364 g/mol. The summed E-state index contributed by atoms with van der Waals surface area (Å²) in [6.07, 6.45) is 0. The molecule has 0 bridgehead atoms. The number of benzene rings is 2. The van der Waals surface area contributed by atoms with Crippen molar-refractivity contribution >= 4 is 15.7 Å². The van der Waals surface area contributed by atoms with Crippen LogP contribution in [-0.4, -0.2) is 34.7 Å². The van der Waals surface area contributed by atoms with E-state index in [4.69, 9.17) is 4.74 Å². The van der Waals surface area contributed by atoms with E-state index < -0.39 is 21.9 Å². The molecule has 0 radical (unpaired) electrons. The van der Waals surface area contributed by atoms with Crippen LogP contribution in [0, 0.1) is 5.82 Å². The van der Waals surface area contributed by atoms with Crippen LogP contribution in [0.15, 0.2) is 53.4 Å². The maximum absolute atomic E-state index is 13.0. The zero-order chi connectivity index (χ0) is 17.9. The number of anilines is 1. The lowest BCUT2D eigenvalue weighted by molar-refractivity contribution is 0.122. The summed E-state index contributed by atoms with van der Waals surface area (Å²) in [4.78, 5) is 2.28. The molecule has 0 aromatic heterocycles. The minimum absolute atomic E-state index is 0.0469. The fourth-order valence-corrected chi connectivity index (χ4v) is 4.01. The molecule has 0 saturated carbocycles. The van der Waals surface area contributed by atoms with Crippen LogP contribution in [-0.2, 0) is 14.8 Å². The summed E-state index contributed by atoms with van der Waals surface area (Å²) in [5.41, 5.74) is 1.96. The Kier molecular flexibility index (Phi) is 5.36. The van der Waals surface area contributed by atoms with Crippen molar-refractivity contribution in [3.8, 4) is 0 Å². The smallest absolute Gasteiger partial charge is 0.241 e. The predicted octanol–water partition coefficient (Wildman–Crippen LogP) is 2.70. The van der Waals surface area contributed by atoms with Crippen molar-refractivity contribution < 1.29 is 17.5 Å². The number of sulfonamides is 1. The van der Waals surface area contributed by atoms with Crippen molar-refractivity contribution in [1.82, 2.24) is 4.72 Å². The normalized spacial score (nSPS) is 16.6. The number of rotatable bonds is 5. The molecular weight excluding hydrogens is 343 g/mol. The van der Waals surface area contributed by atoms with Gasteiger partial charge in [0.15, 0.2) is 0 Å². The average Bonchev–Trinajstić information content (AvgIpc) is 2.62. The monoisotopic (exact) mass is 364 g/mol. The van der Waals surface area contributed by atoms with E-state index in [2.05, 4.69) is 9.62 Å². The van der Waals surface area contributed by atoms with Gasteiger partial charge in [0, 0.05) is 24.8 Å². The maximum Gasteiger partial charge on any atom is 0.241 e. The Balaban J connectivity index is 1.70. The van der Waals surface area contributed by atoms with E-state index in [9.17, 15) is 12.8 Å². The van der Waals surface area contributed by atoms with Gasteiger partial charge in [-0.05, 0) is 48.9 Å². The molecule has 134 valence electrons. The number of ether oxygens (including phenoxy) is 1. The van der Waals surface area contributed by atoms with Crippen LogP contribution in [0.1, 0.15) is 18.5 Å². The van der Waals surface area contributed by atoms with E-state index in [1.54, 1.807) is 6.92 Å². The van der Waals surface area contributed by atoms with E-state index in [1.165, 1.54) is 12.1 Å². The first-order valence-electron chi connectivity index (χ1n) is 8.16. The Morgan fingerprint density at radius 1 is 1.04 bits per heavy atom. The third-order valence-electron chi connectivity index (χ3n) is 4.23. The summed E-state index contributed by atoms with van der Waals surface area (Å²) < 4.78 is 45.7. The predicted molar refractivity (Wildman–Crippen MR) is 94.6 cm³/mol. The molecule has 5 nitrogen and oxygen atoms in total. The molecule has 25 heavy (non-hydrogen) atoms. The quantitative estimate of drug-likeness (QED) is 0.886. The number of hydrogen-bond acceptors (Lipinski definition) is 4. The summed E-state index contributed by atoms with van der Waals surface area (Å²) in [7, 11) is -3.70. The molecule has 1 saturated heterocycles. The van der Waals surface area contributed by atoms with Crippen molar-refractivity contribution in [2.24, 2.45) is 0 Å². The van der Waals surface area contributed by atoms with Gasteiger partial charge in [0.2, 0.25) is 10.0 Å². The van der Waals surface area contributed by atoms with Crippen LogP contribution in [0.4, 0.5) is 10.1 Å². The van der Waals surface area contributed by atoms with Gasteiger partial charge in [-0.15, -0.1) is 0 Å². The Morgan fingerprint density at radius 3 is 2.24 bits per heavy atom. The molecule has 1 fully saturated rings. The Bertz CT molecular complexity index is 801. The van der Waals surface area contributed by atoms with Crippen LogP contribution in [0.3, 0.4) is 0 Å². The van der Waals surface area contributed by atoms with Crippen LogP contribution >= 0.6 is 0 Å².